The largest absolute Gasteiger partial charge is 0.390 e. The first-order valence-corrected chi connectivity index (χ1v) is 10.8. The standard InChI is InChI=1S/C7H8N2.C7H9N.C6H13NS2/c8-6-9-7-4-2-1-3-5-7;1-8-7-5-3-2-4-6-7;1-8-4-2-3-5-9-6-7/h1-6H,(H2,8,9);2-6,8H,1H3;6-7H,2-5H2,1H3. The third kappa shape index (κ3) is 15.6. The van der Waals surface area contributed by atoms with Crippen LogP contribution in [0.5, 0.6) is 0 Å². The molecule has 0 aliphatic rings. The number of hydrogen-bond acceptors (Lipinski definition) is 5. The van der Waals surface area contributed by atoms with Gasteiger partial charge >= 0.3 is 0 Å². The lowest BCUT2D eigenvalue weighted by Gasteiger charge is -1.94. The molecule has 0 bridgehead atoms. The SMILES string of the molecule is CNc1ccccc1.CSCCCCSC=N.NC=Nc1ccccc1. The quantitative estimate of drug-likeness (QED) is 0.316. The molecule has 0 aromatic heterocycles. The second-order valence-corrected chi connectivity index (χ2v) is 6.88. The Bertz CT molecular complexity index is 563. The fourth-order valence-electron chi connectivity index (χ4n) is 1.70. The van der Waals surface area contributed by atoms with E-state index >= 15 is 0 Å². The van der Waals surface area contributed by atoms with E-state index in [2.05, 4.69) is 16.6 Å². The Labute approximate surface area is 166 Å². The Morgan fingerprint density at radius 1 is 1.00 bits per heavy atom. The van der Waals surface area contributed by atoms with Crippen LogP contribution in [0.1, 0.15) is 12.8 Å². The molecule has 2 aromatic carbocycles. The summed E-state index contributed by atoms with van der Waals surface area (Å²) in [5.41, 5.74) is 8.53. The summed E-state index contributed by atoms with van der Waals surface area (Å²) in [7, 11) is 1.91. The number of para-hydroxylation sites is 2. The fourth-order valence-corrected chi connectivity index (χ4v) is 2.68. The number of unbranched alkanes of at least 4 members (excludes halogenated alkanes) is 1. The molecule has 6 heteroatoms. The maximum Gasteiger partial charge on any atom is 0.0860 e. The van der Waals surface area contributed by atoms with Crippen molar-refractivity contribution in [3.05, 3.63) is 60.7 Å². The molecule has 2 aromatic rings. The van der Waals surface area contributed by atoms with Gasteiger partial charge in [0.15, 0.2) is 0 Å². The van der Waals surface area contributed by atoms with E-state index in [4.69, 9.17) is 11.1 Å². The van der Waals surface area contributed by atoms with Crippen LogP contribution >= 0.6 is 23.5 Å². The Morgan fingerprint density at radius 3 is 2.04 bits per heavy atom. The van der Waals surface area contributed by atoms with Gasteiger partial charge in [0, 0.05) is 12.7 Å². The molecule has 0 aliphatic heterocycles. The minimum atomic E-state index is 0.889. The van der Waals surface area contributed by atoms with E-state index in [-0.39, 0.29) is 0 Å². The second-order valence-electron chi connectivity index (χ2n) is 4.92. The summed E-state index contributed by atoms with van der Waals surface area (Å²) in [5.74, 6) is 2.38. The molecule has 0 aliphatic carbocycles. The zero-order chi connectivity index (χ0) is 19.3. The average molecular weight is 391 g/mol. The van der Waals surface area contributed by atoms with Crippen LogP contribution in [-0.4, -0.2) is 36.7 Å². The van der Waals surface area contributed by atoms with Gasteiger partial charge in [-0.2, -0.15) is 11.8 Å². The molecule has 0 heterocycles. The maximum atomic E-state index is 6.72. The van der Waals surface area contributed by atoms with Crippen molar-refractivity contribution in [1.82, 2.24) is 0 Å². The smallest absolute Gasteiger partial charge is 0.0860 e. The summed E-state index contributed by atoms with van der Waals surface area (Å²) in [6, 6.07) is 19.6. The molecule has 26 heavy (non-hydrogen) atoms. The van der Waals surface area contributed by atoms with E-state index < -0.39 is 0 Å². The molecule has 142 valence electrons. The number of rotatable bonds is 8. The number of hydrogen-bond donors (Lipinski definition) is 3. The number of aliphatic imine (C=N–C) groups is 1. The Morgan fingerprint density at radius 2 is 1.58 bits per heavy atom. The summed E-state index contributed by atoms with van der Waals surface area (Å²) in [4.78, 5) is 3.86. The number of anilines is 1. The van der Waals surface area contributed by atoms with E-state index in [1.54, 1.807) is 11.8 Å². The first kappa shape index (κ1) is 24.1. The number of nitrogens with two attached hydrogens (primary N) is 1. The van der Waals surface area contributed by atoms with E-state index in [0.29, 0.717) is 0 Å². The van der Waals surface area contributed by atoms with Crippen LogP contribution in [0.15, 0.2) is 65.7 Å². The van der Waals surface area contributed by atoms with Crippen LogP contribution in [-0.2, 0) is 0 Å². The van der Waals surface area contributed by atoms with Crippen molar-refractivity contribution >= 4 is 46.8 Å². The predicted octanol–water partition coefficient (Wildman–Crippen LogP) is 5.50. The van der Waals surface area contributed by atoms with Crippen LogP contribution in [0, 0.1) is 5.41 Å². The zero-order valence-corrected chi connectivity index (χ0v) is 17.2. The minimum absolute atomic E-state index is 0.889. The van der Waals surface area contributed by atoms with Crippen molar-refractivity contribution < 1.29 is 0 Å². The Kier molecular flexibility index (Phi) is 18.0. The van der Waals surface area contributed by atoms with Gasteiger partial charge in [-0.25, -0.2) is 4.99 Å². The minimum Gasteiger partial charge on any atom is -0.390 e. The molecule has 0 fully saturated rings. The summed E-state index contributed by atoms with van der Waals surface area (Å²) in [6.45, 7) is 0. The van der Waals surface area contributed by atoms with Crippen LogP contribution in [0.2, 0.25) is 0 Å². The van der Waals surface area contributed by atoms with Crippen LogP contribution in [0.3, 0.4) is 0 Å². The molecule has 0 saturated heterocycles. The van der Waals surface area contributed by atoms with E-state index in [9.17, 15) is 0 Å². The molecule has 0 radical (unpaired) electrons. The average Bonchev–Trinajstić information content (AvgIpc) is 2.71. The van der Waals surface area contributed by atoms with Gasteiger partial charge in [-0.3, -0.25) is 0 Å². The van der Waals surface area contributed by atoms with Crippen molar-refractivity contribution in [2.45, 2.75) is 12.8 Å². The van der Waals surface area contributed by atoms with Crippen molar-refractivity contribution in [2.24, 2.45) is 10.7 Å². The Balaban J connectivity index is 0.000000361. The fraction of sp³-hybridized carbons (Fsp3) is 0.300. The van der Waals surface area contributed by atoms with Gasteiger partial charge in [-0.1, -0.05) is 36.4 Å². The van der Waals surface area contributed by atoms with Crippen molar-refractivity contribution in [1.29, 1.82) is 5.41 Å². The lowest BCUT2D eigenvalue weighted by Crippen LogP contribution is -1.85. The highest BCUT2D eigenvalue weighted by atomic mass is 32.2. The van der Waals surface area contributed by atoms with Crippen LogP contribution < -0.4 is 11.1 Å². The van der Waals surface area contributed by atoms with Crippen molar-refractivity contribution in [3.8, 4) is 0 Å². The maximum absolute atomic E-state index is 6.72. The molecule has 0 amide bonds. The summed E-state index contributed by atoms with van der Waals surface area (Å²) >= 11 is 3.48. The molecule has 0 atom stereocenters. The van der Waals surface area contributed by atoms with Gasteiger partial charge in [0.25, 0.3) is 0 Å². The van der Waals surface area contributed by atoms with Gasteiger partial charge in [-0.15, -0.1) is 11.8 Å². The van der Waals surface area contributed by atoms with Gasteiger partial charge in [0.05, 0.1) is 17.6 Å². The summed E-state index contributed by atoms with van der Waals surface area (Å²) < 4.78 is 0. The van der Waals surface area contributed by atoms with Crippen LogP contribution in [0.4, 0.5) is 11.4 Å². The lowest BCUT2D eigenvalue weighted by molar-refractivity contribution is 0.910. The molecule has 4 nitrogen and oxygen atoms in total. The highest BCUT2D eigenvalue weighted by Gasteiger charge is 1.85. The number of nitrogens with zero attached hydrogens (tertiary/aromatic N) is 1. The van der Waals surface area contributed by atoms with Gasteiger partial charge in [-0.05, 0) is 54.9 Å². The summed E-state index contributed by atoms with van der Waals surface area (Å²) in [5, 5.41) is 9.74. The zero-order valence-electron chi connectivity index (χ0n) is 15.6. The first-order valence-electron chi connectivity index (χ1n) is 8.40. The van der Waals surface area contributed by atoms with Gasteiger partial charge in [0.2, 0.25) is 0 Å². The molecule has 0 unspecified atom stereocenters. The van der Waals surface area contributed by atoms with Crippen LogP contribution in [0.25, 0.3) is 0 Å². The van der Waals surface area contributed by atoms with Crippen molar-refractivity contribution in [2.75, 3.05) is 30.1 Å². The predicted molar refractivity (Wildman–Crippen MR) is 124 cm³/mol. The number of nitrogens with one attached hydrogen (secondary N) is 2. The van der Waals surface area contributed by atoms with E-state index in [0.717, 1.165) is 17.1 Å². The van der Waals surface area contributed by atoms with E-state index in [1.807, 2.05) is 79.5 Å². The van der Waals surface area contributed by atoms with Gasteiger partial charge in [0.1, 0.15) is 0 Å². The molecule has 0 spiro atoms. The Hall–Kier alpha value is -1.92. The lowest BCUT2D eigenvalue weighted by atomic mass is 10.3. The highest BCUT2D eigenvalue weighted by molar-refractivity contribution is 8.11. The van der Waals surface area contributed by atoms with E-state index in [1.165, 1.54) is 30.5 Å². The third-order valence-electron chi connectivity index (χ3n) is 2.99. The molecular formula is C20H30N4S2. The molecule has 4 N–H and O–H groups in total. The highest BCUT2D eigenvalue weighted by Crippen LogP contribution is 2.07. The summed E-state index contributed by atoms with van der Waals surface area (Å²) in [6.07, 6.45) is 5.96. The molecular weight excluding hydrogens is 360 g/mol. The molecule has 2 rings (SSSR count). The van der Waals surface area contributed by atoms with Gasteiger partial charge < -0.3 is 16.5 Å². The number of thioether (sulfide) groups is 2. The molecule has 0 saturated carbocycles. The normalized spacial score (nSPS) is 9.46. The number of benzene rings is 2. The topological polar surface area (TPSA) is 74.3 Å². The monoisotopic (exact) mass is 390 g/mol. The second kappa shape index (κ2) is 19.4. The van der Waals surface area contributed by atoms with Crippen molar-refractivity contribution in [3.63, 3.8) is 0 Å². The first-order chi connectivity index (χ1) is 12.8. The third-order valence-corrected chi connectivity index (χ3v) is 4.37.